The molecule has 0 N–H and O–H groups in total. The van der Waals surface area contributed by atoms with E-state index in [2.05, 4.69) is 4.40 Å². The molecule has 0 saturated carbocycles. The molecule has 0 amide bonds. The van der Waals surface area contributed by atoms with Crippen molar-refractivity contribution in [2.75, 3.05) is 0 Å². The fourth-order valence-corrected chi connectivity index (χ4v) is 2.02. The van der Waals surface area contributed by atoms with Crippen molar-refractivity contribution in [1.29, 1.82) is 5.26 Å². The van der Waals surface area contributed by atoms with E-state index in [0.717, 1.165) is 11.3 Å². The van der Waals surface area contributed by atoms with Crippen molar-refractivity contribution in [2.24, 2.45) is 4.40 Å². The summed E-state index contributed by atoms with van der Waals surface area (Å²) in [5.41, 5.74) is 0.0854. The van der Waals surface area contributed by atoms with Crippen LogP contribution in [0.4, 0.5) is 4.39 Å². The summed E-state index contributed by atoms with van der Waals surface area (Å²) in [5, 5.41) is 8.11. The number of nitrogens with zero attached hydrogens (tertiary/aromatic N) is 2. The normalized spacial score (nSPS) is 10.9. The van der Waals surface area contributed by atoms with E-state index in [1.54, 1.807) is 12.3 Å². The molecule has 5 heteroatoms. The number of hydrogen-bond acceptors (Lipinski definition) is 4. The minimum atomic E-state index is -0.445. The van der Waals surface area contributed by atoms with Crippen LogP contribution in [0.1, 0.15) is 45.1 Å². The molecule has 17 heavy (non-hydrogen) atoms. The summed E-state index contributed by atoms with van der Waals surface area (Å²) in [4.78, 5) is 0.667. The second kappa shape index (κ2) is 7.46. The van der Waals surface area contributed by atoms with Gasteiger partial charge in [0.05, 0.1) is 16.7 Å². The number of nitriles is 1. The van der Waals surface area contributed by atoms with Crippen molar-refractivity contribution in [3.05, 3.63) is 21.6 Å². The molecule has 1 aromatic heterocycles. The molecule has 0 aliphatic carbocycles. The minimum absolute atomic E-state index is 0.0460. The molecule has 0 fully saturated rings. The molecule has 1 rings (SSSR count). The van der Waals surface area contributed by atoms with Crippen LogP contribution in [0.25, 0.3) is 0 Å². The monoisotopic (exact) mass is 272 g/mol. The van der Waals surface area contributed by atoms with Gasteiger partial charge in [-0.05, 0) is 38.8 Å². The van der Waals surface area contributed by atoms with E-state index in [0.29, 0.717) is 4.88 Å². The third kappa shape index (κ3) is 6.44. The van der Waals surface area contributed by atoms with Gasteiger partial charge in [-0.15, -0.1) is 11.3 Å². The van der Waals surface area contributed by atoms with E-state index in [1.807, 2.05) is 34.6 Å². The summed E-state index contributed by atoms with van der Waals surface area (Å²) in [6, 6.07) is 3.30. The van der Waals surface area contributed by atoms with Crippen molar-refractivity contribution in [3.8, 4) is 6.07 Å². The van der Waals surface area contributed by atoms with Gasteiger partial charge in [-0.25, -0.2) is 4.40 Å². The maximum absolute atomic E-state index is 13.0. The quantitative estimate of drug-likeness (QED) is 0.580. The van der Waals surface area contributed by atoms with Gasteiger partial charge in [0.25, 0.3) is 0 Å². The predicted molar refractivity (Wildman–Crippen MR) is 75.3 cm³/mol. The third-order valence-electron chi connectivity index (χ3n) is 1.33. The van der Waals surface area contributed by atoms with E-state index < -0.39 is 5.13 Å². The average Bonchev–Trinajstić information content (AvgIpc) is 2.60. The van der Waals surface area contributed by atoms with Gasteiger partial charge in [-0.3, -0.25) is 0 Å². The standard InChI is InChI=1S/C10H11FN2S2.C2H6/c1-10(2,3)15-13-6-8-4-7(5-12)9(11)14-8;1-2/h4,6H,1-3H3;1-2H3/b13-6+;. The molecule has 0 saturated heterocycles. The second-order valence-electron chi connectivity index (χ2n) is 3.89. The second-order valence-corrected chi connectivity index (χ2v) is 6.54. The Morgan fingerprint density at radius 1 is 1.47 bits per heavy atom. The largest absolute Gasteiger partial charge is 0.223 e. The highest BCUT2D eigenvalue weighted by atomic mass is 32.2. The lowest BCUT2D eigenvalue weighted by Crippen LogP contribution is -2.04. The molecule has 0 unspecified atom stereocenters. The fourth-order valence-electron chi connectivity index (χ4n) is 0.763. The lowest BCUT2D eigenvalue weighted by atomic mass is 10.3. The molecule has 0 spiro atoms. The van der Waals surface area contributed by atoms with Gasteiger partial charge in [0, 0.05) is 4.75 Å². The van der Waals surface area contributed by atoms with Crippen LogP contribution in [0.3, 0.4) is 0 Å². The maximum Gasteiger partial charge on any atom is 0.194 e. The van der Waals surface area contributed by atoms with Gasteiger partial charge >= 0.3 is 0 Å². The Morgan fingerprint density at radius 2 is 2.06 bits per heavy atom. The molecule has 0 aliphatic rings. The van der Waals surface area contributed by atoms with Gasteiger partial charge in [-0.2, -0.15) is 9.65 Å². The molecular formula is C12H17FN2S2. The molecule has 0 bridgehead atoms. The van der Waals surface area contributed by atoms with Crippen molar-refractivity contribution in [1.82, 2.24) is 0 Å². The number of hydrogen-bond donors (Lipinski definition) is 0. The Bertz CT molecular complexity index is 411. The Labute approximate surface area is 111 Å². The van der Waals surface area contributed by atoms with E-state index in [1.165, 1.54) is 18.0 Å². The van der Waals surface area contributed by atoms with Gasteiger partial charge in [0.1, 0.15) is 6.07 Å². The summed E-state index contributed by atoms with van der Waals surface area (Å²) in [7, 11) is 0. The lowest BCUT2D eigenvalue weighted by Gasteiger charge is -2.11. The van der Waals surface area contributed by atoms with Crippen molar-refractivity contribution >= 4 is 29.5 Å². The Morgan fingerprint density at radius 3 is 2.47 bits per heavy atom. The average molecular weight is 272 g/mol. The van der Waals surface area contributed by atoms with Crippen LogP contribution in [-0.4, -0.2) is 11.0 Å². The fraction of sp³-hybridized carbons (Fsp3) is 0.500. The molecule has 0 aliphatic heterocycles. The number of rotatable bonds is 2. The smallest absolute Gasteiger partial charge is 0.194 e. The van der Waals surface area contributed by atoms with Crippen LogP contribution in [0.2, 0.25) is 0 Å². The zero-order chi connectivity index (χ0) is 13.5. The summed E-state index contributed by atoms with van der Waals surface area (Å²) in [6.07, 6.45) is 1.59. The molecule has 0 atom stereocenters. The van der Waals surface area contributed by atoms with Crippen molar-refractivity contribution < 1.29 is 4.39 Å². The minimum Gasteiger partial charge on any atom is -0.223 e. The van der Waals surface area contributed by atoms with Gasteiger partial charge < -0.3 is 0 Å². The first-order valence-corrected chi connectivity index (χ1v) is 6.92. The summed E-state index contributed by atoms with van der Waals surface area (Å²) >= 11 is 2.36. The highest BCUT2D eigenvalue weighted by Crippen LogP contribution is 2.25. The predicted octanol–water partition coefficient (Wildman–Crippen LogP) is 4.65. The SMILES string of the molecule is CC.CC(C)(C)S/N=C/c1cc(C#N)c(F)s1. The van der Waals surface area contributed by atoms with Crippen molar-refractivity contribution in [2.45, 2.75) is 39.4 Å². The molecule has 2 nitrogen and oxygen atoms in total. The Balaban J connectivity index is 0.00000121. The van der Waals surface area contributed by atoms with E-state index >= 15 is 0 Å². The van der Waals surface area contributed by atoms with E-state index in [-0.39, 0.29) is 10.3 Å². The molecular weight excluding hydrogens is 255 g/mol. The highest BCUT2D eigenvalue weighted by Gasteiger charge is 2.10. The first-order chi connectivity index (χ1) is 7.92. The summed E-state index contributed by atoms with van der Waals surface area (Å²) < 4.78 is 17.2. The highest BCUT2D eigenvalue weighted by molar-refractivity contribution is 7.99. The molecule has 94 valence electrons. The van der Waals surface area contributed by atoms with Crippen LogP contribution in [0.5, 0.6) is 0 Å². The summed E-state index contributed by atoms with van der Waals surface area (Å²) in [5.74, 6) is 0. The molecule has 0 aromatic carbocycles. The van der Waals surface area contributed by atoms with Gasteiger partial charge in [0.15, 0.2) is 5.13 Å². The first kappa shape index (κ1) is 16.1. The van der Waals surface area contributed by atoms with Gasteiger partial charge in [-0.1, -0.05) is 13.8 Å². The van der Waals surface area contributed by atoms with Crippen molar-refractivity contribution in [3.63, 3.8) is 0 Å². The first-order valence-electron chi connectivity index (χ1n) is 5.33. The molecule has 1 heterocycles. The maximum atomic E-state index is 13.0. The zero-order valence-electron chi connectivity index (χ0n) is 10.7. The zero-order valence-corrected chi connectivity index (χ0v) is 12.4. The van der Waals surface area contributed by atoms with E-state index in [9.17, 15) is 4.39 Å². The van der Waals surface area contributed by atoms with Crippen LogP contribution in [-0.2, 0) is 0 Å². The third-order valence-corrected chi connectivity index (χ3v) is 2.95. The Hall–Kier alpha value is -0.860. The van der Waals surface area contributed by atoms with Crippen LogP contribution in [0.15, 0.2) is 10.5 Å². The molecule has 1 aromatic rings. The number of thiophene rings is 1. The van der Waals surface area contributed by atoms with Crippen LogP contribution >= 0.6 is 23.3 Å². The molecule has 0 radical (unpaired) electrons. The summed E-state index contributed by atoms with van der Waals surface area (Å²) in [6.45, 7) is 10.1. The van der Waals surface area contributed by atoms with E-state index in [4.69, 9.17) is 5.26 Å². The number of halogens is 1. The van der Waals surface area contributed by atoms with Crippen LogP contribution < -0.4 is 0 Å². The van der Waals surface area contributed by atoms with Gasteiger partial charge in [0.2, 0.25) is 0 Å². The van der Waals surface area contributed by atoms with Crippen LogP contribution in [0, 0.1) is 16.5 Å². The lowest BCUT2D eigenvalue weighted by molar-refractivity contribution is 0.654. The Kier molecular flexibility index (Phi) is 7.09. The topological polar surface area (TPSA) is 36.1 Å².